The lowest BCUT2D eigenvalue weighted by atomic mass is 10.1. The van der Waals surface area contributed by atoms with Gasteiger partial charge in [-0.3, -0.25) is 4.79 Å². The molecule has 13 heteroatoms. The van der Waals surface area contributed by atoms with Crippen LogP contribution in [0.3, 0.4) is 0 Å². The number of ether oxygens (including phenoxy) is 1. The van der Waals surface area contributed by atoms with Gasteiger partial charge in [0.1, 0.15) is 12.4 Å². The average Bonchev–Trinajstić information content (AvgIpc) is 3.14. The number of halogens is 6. The fourth-order valence-corrected chi connectivity index (χ4v) is 4.21. The van der Waals surface area contributed by atoms with Crippen LogP contribution in [-0.2, 0) is 16.2 Å². The minimum Gasteiger partial charge on any atom is -0.488 e. The molecule has 1 aliphatic heterocycles. The van der Waals surface area contributed by atoms with Gasteiger partial charge in [0.2, 0.25) is 10.0 Å². The third-order valence-corrected chi connectivity index (χ3v) is 5.81. The average molecular weight is 513 g/mol. The Labute approximate surface area is 191 Å². The quantitative estimate of drug-likeness (QED) is 0.582. The molecule has 180 valence electrons. The van der Waals surface area contributed by atoms with E-state index in [4.69, 9.17) is 16.3 Å². The molecular formula is C20H18ClF5N2O4S. The van der Waals surface area contributed by atoms with Gasteiger partial charge in [0.15, 0.2) is 11.6 Å². The highest BCUT2D eigenvalue weighted by atomic mass is 35.5. The third kappa shape index (κ3) is 6.05. The molecule has 0 saturated carbocycles. The van der Waals surface area contributed by atoms with Gasteiger partial charge in [-0.15, -0.1) is 0 Å². The third-order valence-electron chi connectivity index (χ3n) is 4.94. The van der Waals surface area contributed by atoms with Crippen LogP contribution in [0.15, 0.2) is 30.3 Å². The lowest BCUT2D eigenvalue weighted by Gasteiger charge is -2.27. The highest BCUT2D eigenvalue weighted by Gasteiger charge is 2.34. The van der Waals surface area contributed by atoms with Gasteiger partial charge in [0.05, 0.1) is 28.4 Å². The zero-order valence-corrected chi connectivity index (χ0v) is 18.6. The van der Waals surface area contributed by atoms with Crippen molar-refractivity contribution >= 4 is 33.2 Å². The number of alkyl halides is 3. The van der Waals surface area contributed by atoms with E-state index in [1.54, 1.807) is 4.90 Å². The lowest BCUT2D eigenvalue weighted by molar-refractivity contribution is -0.137. The summed E-state index contributed by atoms with van der Waals surface area (Å²) in [6, 6.07) is 4.14. The molecule has 0 aromatic heterocycles. The zero-order valence-electron chi connectivity index (χ0n) is 17.0. The molecule has 1 heterocycles. The van der Waals surface area contributed by atoms with Crippen molar-refractivity contribution in [1.82, 2.24) is 4.72 Å². The highest BCUT2D eigenvalue weighted by Crippen LogP contribution is 2.38. The predicted octanol–water partition coefficient (Wildman–Crippen LogP) is 4.37. The summed E-state index contributed by atoms with van der Waals surface area (Å²) in [6.45, 7) is 0.376. The molecule has 1 fully saturated rings. The molecule has 2 aromatic carbocycles. The molecule has 1 amide bonds. The van der Waals surface area contributed by atoms with Crippen LogP contribution in [0.5, 0.6) is 5.75 Å². The molecule has 0 bridgehead atoms. The van der Waals surface area contributed by atoms with Crippen LogP contribution in [0.4, 0.5) is 27.6 Å². The van der Waals surface area contributed by atoms with Crippen LogP contribution in [-0.4, -0.2) is 39.8 Å². The van der Waals surface area contributed by atoms with Crippen molar-refractivity contribution in [3.05, 3.63) is 58.1 Å². The van der Waals surface area contributed by atoms with Gasteiger partial charge in [-0.25, -0.2) is 21.9 Å². The number of amides is 1. The largest absolute Gasteiger partial charge is 0.488 e. The summed E-state index contributed by atoms with van der Waals surface area (Å²) in [6.07, 6.45) is -2.63. The molecular weight excluding hydrogens is 495 g/mol. The van der Waals surface area contributed by atoms with Crippen molar-refractivity contribution in [2.75, 3.05) is 24.3 Å². The predicted molar refractivity (Wildman–Crippen MR) is 111 cm³/mol. The molecule has 0 radical (unpaired) electrons. The number of anilines is 1. The fourth-order valence-electron chi connectivity index (χ4n) is 3.48. The molecule has 0 aliphatic carbocycles. The fraction of sp³-hybridized carbons (Fsp3) is 0.350. The van der Waals surface area contributed by atoms with Crippen molar-refractivity contribution in [3.63, 3.8) is 0 Å². The van der Waals surface area contributed by atoms with Gasteiger partial charge in [-0.05, 0) is 37.1 Å². The number of sulfonamides is 1. The number of hydrogen-bond acceptors (Lipinski definition) is 5. The number of nitrogens with zero attached hydrogens (tertiary/aromatic N) is 1. The van der Waals surface area contributed by atoms with Crippen molar-refractivity contribution < 1.29 is 39.9 Å². The summed E-state index contributed by atoms with van der Waals surface area (Å²) >= 11 is 5.79. The number of rotatable bonds is 6. The Kier molecular flexibility index (Phi) is 7.08. The maximum atomic E-state index is 14.4. The summed E-state index contributed by atoms with van der Waals surface area (Å²) in [5, 5.41) is -0.456. The molecule has 1 atom stereocenters. The van der Waals surface area contributed by atoms with Crippen LogP contribution in [0.1, 0.15) is 28.8 Å². The first-order chi connectivity index (χ1) is 15.3. The van der Waals surface area contributed by atoms with Gasteiger partial charge < -0.3 is 9.64 Å². The minimum absolute atomic E-state index is 0.121. The molecule has 33 heavy (non-hydrogen) atoms. The van der Waals surface area contributed by atoms with Crippen LogP contribution >= 0.6 is 11.6 Å². The molecule has 1 aliphatic rings. The van der Waals surface area contributed by atoms with Crippen molar-refractivity contribution in [1.29, 1.82) is 0 Å². The Morgan fingerprint density at radius 2 is 1.91 bits per heavy atom. The SMILES string of the molecule is CS(=O)(=O)NC(=O)c1cc(F)c(OCC2CCCN2c2ccc(C(F)(F)F)c(Cl)c2)cc1F. The second-order valence-corrected chi connectivity index (χ2v) is 9.58. The Bertz CT molecular complexity index is 1170. The zero-order chi connectivity index (χ0) is 24.6. The smallest absolute Gasteiger partial charge is 0.417 e. The van der Waals surface area contributed by atoms with Gasteiger partial charge in [-0.2, -0.15) is 13.2 Å². The van der Waals surface area contributed by atoms with Crippen LogP contribution in [0.2, 0.25) is 5.02 Å². The molecule has 1 saturated heterocycles. The van der Waals surface area contributed by atoms with E-state index < -0.39 is 55.6 Å². The topological polar surface area (TPSA) is 75.7 Å². The molecule has 1 unspecified atom stereocenters. The van der Waals surface area contributed by atoms with E-state index in [0.29, 0.717) is 43.5 Å². The summed E-state index contributed by atoms with van der Waals surface area (Å²) < 4.78 is 96.6. The molecule has 0 spiro atoms. The Hall–Kier alpha value is -2.60. The minimum atomic E-state index is -4.59. The van der Waals surface area contributed by atoms with E-state index in [-0.39, 0.29) is 12.6 Å². The Morgan fingerprint density at radius 1 is 1.21 bits per heavy atom. The summed E-state index contributed by atoms with van der Waals surface area (Å²) in [5.74, 6) is -4.11. The van der Waals surface area contributed by atoms with Crippen LogP contribution < -0.4 is 14.4 Å². The van der Waals surface area contributed by atoms with Crippen molar-refractivity contribution in [2.24, 2.45) is 0 Å². The van der Waals surface area contributed by atoms with Crippen molar-refractivity contribution in [2.45, 2.75) is 25.1 Å². The monoisotopic (exact) mass is 512 g/mol. The van der Waals surface area contributed by atoms with Gasteiger partial charge in [0.25, 0.3) is 5.91 Å². The number of carbonyl (C=O) groups excluding carboxylic acids is 1. The first-order valence-electron chi connectivity index (χ1n) is 9.53. The van der Waals surface area contributed by atoms with Gasteiger partial charge >= 0.3 is 6.18 Å². The summed E-state index contributed by atoms with van der Waals surface area (Å²) in [7, 11) is -3.98. The summed E-state index contributed by atoms with van der Waals surface area (Å²) in [5.41, 5.74) is -1.34. The molecule has 1 N–H and O–H groups in total. The number of hydrogen-bond donors (Lipinski definition) is 1. The lowest BCUT2D eigenvalue weighted by Crippen LogP contribution is -2.34. The van der Waals surface area contributed by atoms with E-state index in [2.05, 4.69) is 0 Å². The number of nitrogens with one attached hydrogen (secondary N) is 1. The van der Waals surface area contributed by atoms with Crippen LogP contribution in [0.25, 0.3) is 0 Å². The van der Waals surface area contributed by atoms with E-state index >= 15 is 0 Å². The Balaban J connectivity index is 1.73. The number of benzene rings is 2. The second kappa shape index (κ2) is 9.34. The maximum Gasteiger partial charge on any atom is 0.417 e. The molecule has 3 rings (SSSR count). The van der Waals surface area contributed by atoms with E-state index in [1.165, 1.54) is 16.9 Å². The Morgan fingerprint density at radius 3 is 2.52 bits per heavy atom. The first kappa shape index (κ1) is 25.0. The normalized spacial score (nSPS) is 16.7. The second-order valence-electron chi connectivity index (χ2n) is 7.43. The first-order valence-corrected chi connectivity index (χ1v) is 11.8. The van der Waals surface area contributed by atoms with E-state index in [1.807, 2.05) is 0 Å². The van der Waals surface area contributed by atoms with E-state index in [9.17, 15) is 35.2 Å². The highest BCUT2D eigenvalue weighted by molar-refractivity contribution is 7.89. The summed E-state index contributed by atoms with van der Waals surface area (Å²) in [4.78, 5) is 13.6. The molecule has 6 nitrogen and oxygen atoms in total. The van der Waals surface area contributed by atoms with Crippen LogP contribution in [0, 0.1) is 11.6 Å². The van der Waals surface area contributed by atoms with E-state index in [0.717, 1.165) is 6.07 Å². The molecule has 2 aromatic rings. The standard InChI is InChI=1S/C20H18ClF5N2O4S/c1-33(30,31)27-19(29)13-8-17(23)18(9-16(13)22)32-10-12-3-2-6-28(12)11-4-5-14(15(21)7-11)20(24,25)26/h4-5,7-9,12H,2-3,6,10H2,1H3,(H,27,29). The van der Waals surface area contributed by atoms with Gasteiger partial charge in [0, 0.05) is 18.3 Å². The van der Waals surface area contributed by atoms with Gasteiger partial charge in [-0.1, -0.05) is 11.6 Å². The maximum absolute atomic E-state index is 14.4. The number of carbonyl (C=O) groups is 1. The van der Waals surface area contributed by atoms with Crippen molar-refractivity contribution in [3.8, 4) is 5.75 Å².